The number of fused-ring (bicyclic) bond motifs is 1. The highest BCUT2D eigenvalue weighted by molar-refractivity contribution is 7.59. The molecule has 0 aliphatic carbocycles. The number of aromatic hydroxyl groups is 1. The molecule has 2 fully saturated rings. The molecule has 37 heavy (non-hydrogen) atoms. The van der Waals surface area contributed by atoms with Crippen LogP contribution in [0.15, 0.2) is 30.7 Å². The number of pyridine rings is 3. The third-order valence-electron chi connectivity index (χ3n) is 7.47. The van der Waals surface area contributed by atoms with Gasteiger partial charge in [0.05, 0.1) is 11.8 Å². The fourth-order valence-electron chi connectivity index (χ4n) is 5.13. The minimum Gasteiger partial charge on any atom is -0.506 e. The monoisotopic (exact) mass is 520 g/mol. The molecular formula is C30H40N4O2S. The Labute approximate surface area is 228 Å². The number of rotatable bonds is 2. The van der Waals surface area contributed by atoms with Crippen molar-refractivity contribution in [3.8, 4) is 17.6 Å². The minimum atomic E-state index is 0. The Morgan fingerprint density at radius 1 is 1.00 bits per heavy atom. The van der Waals surface area contributed by atoms with Gasteiger partial charge in [-0.05, 0) is 82.0 Å². The third-order valence-corrected chi connectivity index (χ3v) is 7.47. The maximum Gasteiger partial charge on any atom is 0.137 e. The first-order valence-corrected chi connectivity index (χ1v) is 13.2. The molecule has 5 heterocycles. The second kappa shape index (κ2) is 13.8. The number of aromatic nitrogens is 3. The summed E-state index contributed by atoms with van der Waals surface area (Å²) in [7, 11) is 0. The van der Waals surface area contributed by atoms with Gasteiger partial charge in [-0.1, -0.05) is 26.2 Å². The van der Waals surface area contributed by atoms with Gasteiger partial charge in [0.15, 0.2) is 0 Å². The van der Waals surface area contributed by atoms with Crippen LogP contribution in [0.3, 0.4) is 0 Å². The van der Waals surface area contributed by atoms with E-state index in [0.29, 0.717) is 11.6 Å². The van der Waals surface area contributed by atoms with Crippen LogP contribution in [0, 0.1) is 37.5 Å². The lowest BCUT2D eigenvalue weighted by molar-refractivity contribution is 0.0232. The molecule has 198 valence electrons. The van der Waals surface area contributed by atoms with Crippen LogP contribution in [0.25, 0.3) is 10.8 Å². The Balaban J connectivity index is 0.000000324. The predicted octanol–water partition coefficient (Wildman–Crippen LogP) is 5.40. The molecule has 6 nitrogen and oxygen atoms in total. The molecule has 0 radical (unpaired) electrons. The van der Waals surface area contributed by atoms with E-state index in [-0.39, 0.29) is 19.2 Å². The predicted molar refractivity (Wildman–Crippen MR) is 155 cm³/mol. The molecule has 1 unspecified atom stereocenters. The Morgan fingerprint density at radius 3 is 2.49 bits per heavy atom. The first-order chi connectivity index (χ1) is 17.5. The summed E-state index contributed by atoms with van der Waals surface area (Å²) in [6.07, 6.45) is 9.81. The van der Waals surface area contributed by atoms with E-state index in [0.717, 1.165) is 84.3 Å². The Hall–Kier alpha value is -2.66. The van der Waals surface area contributed by atoms with E-state index in [1.54, 1.807) is 6.20 Å². The van der Waals surface area contributed by atoms with Gasteiger partial charge in [-0.2, -0.15) is 13.5 Å². The lowest BCUT2D eigenvalue weighted by atomic mass is 9.88. The minimum absolute atomic E-state index is 0. The van der Waals surface area contributed by atoms with Crippen molar-refractivity contribution < 1.29 is 9.84 Å². The fourth-order valence-corrected chi connectivity index (χ4v) is 5.13. The second-order valence-electron chi connectivity index (χ2n) is 10.0. The van der Waals surface area contributed by atoms with Crippen LogP contribution in [0.1, 0.15) is 73.7 Å². The second-order valence-corrected chi connectivity index (χ2v) is 10.0. The zero-order chi connectivity index (χ0) is 25.5. The van der Waals surface area contributed by atoms with Crippen molar-refractivity contribution in [3.63, 3.8) is 0 Å². The Kier molecular flexibility index (Phi) is 10.7. The number of hydrogen-bond acceptors (Lipinski definition) is 6. The van der Waals surface area contributed by atoms with Gasteiger partial charge in [-0.15, -0.1) is 0 Å². The number of nitrogens with zero attached hydrogens (tertiary/aromatic N) is 3. The van der Waals surface area contributed by atoms with E-state index in [1.807, 2.05) is 32.2 Å². The maximum atomic E-state index is 10.2. The zero-order valence-corrected chi connectivity index (χ0v) is 23.5. The van der Waals surface area contributed by atoms with Gasteiger partial charge in [0.25, 0.3) is 0 Å². The molecular weight excluding hydrogens is 480 g/mol. The van der Waals surface area contributed by atoms with Gasteiger partial charge < -0.3 is 15.2 Å². The molecule has 5 rings (SSSR count). The number of aryl methyl sites for hydroxylation is 2. The van der Waals surface area contributed by atoms with Crippen LogP contribution in [0.5, 0.6) is 5.75 Å². The molecule has 2 aliphatic rings. The Bertz CT molecular complexity index is 1250. The largest absolute Gasteiger partial charge is 0.506 e. The number of nitrogens with one attached hydrogen (secondary N) is 1. The summed E-state index contributed by atoms with van der Waals surface area (Å²) in [5.74, 6) is 8.70. The van der Waals surface area contributed by atoms with E-state index < -0.39 is 0 Å². The number of piperidine rings is 1. The SMILES string of the molecule is CC[C@H]1CCOCC1C.Cc1cc2c(C#Cc3cc(C4CCNCC4)c(O)cn3)cnc(C)c2cn1.S. The number of ether oxygens (including phenoxy) is 1. The summed E-state index contributed by atoms with van der Waals surface area (Å²) >= 11 is 0. The van der Waals surface area contributed by atoms with Crippen LogP contribution in [-0.4, -0.2) is 46.4 Å². The van der Waals surface area contributed by atoms with Gasteiger partial charge >= 0.3 is 0 Å². The van der Waals surface area contributed by atoms with Crippen LogP contribution in [0.2, 0.25) is 0 Å². The maximum absolute atomic E-state index is 10.2. The van der Waals surface area contributed by atoms with Crippen molar-refractivity contribution in [2.24, 2.45) is 11.8 Å². The average molecular weight is 521 g/mol. The van der Waals surface area contributed by atoms with Crippen molar-refractivity contribution in [2.75, 3.05) is 26.3 Å². The molecule has 0 aromatic carbocycles. The van der Waals surface area contributed by atoms with Gasteiger partial charge in [-0.3, -0.25) is 9.97 Å². The normalized spacial score (nSPS) is 19.7. The third kappa shape index (κ3) is 7.44. The molecule has 0 amide bonds. The lowest BCUT2D eigenvalue weighted by Crippen LogP contribution is -2.26. The van der Waals surface area contributed by atoms with Crippen molar-refractivity contribution in [2.45, 2.75) is 59.3 Å². The van der Waals surface area contributed by atoms with Crippen molar-refractivity contribution in [3.05, 3.63) is 58.9 Å². The van der Waals surface area contributed by atoms with Crippen LogP contribution in [0.4, 0.5) is 0 Å². The quantitative estimate of drug-likeness (QED) is 0.441. The van der Waals surface area contributed by atoms with Crippen LogP contribution in [-0.2, 0) is 4.74 Å². The fraction of sp³-hybridized carbons (Fsp3) is 0.500. The highest BCUT2D eigenvalue weighted by atomic mass is 32.1. The Morgan fingerprint density at radius 2 is 1.78 bits per heavy atom. The first-order valence-electron chi connectivity index (χ1n) is 13.2. The van der Waals surface area contributed by atoms with E-state index >= 15 is 0 Å². The van der Waals surface area contributed by atoms with Crippen LogP contribution < -0.4 is 5.32 Å². The molecule has 2 aliphatic heterocycles. The number of hydrogen-bond donors (Lipinski definition) is 2. The summed E-state index contributed by atoms with van der Waals surface area (Å²) in [5, 5.41) is 15.7. The van der Waals surface area contributed by atoms with Crippen molar-refractivity contribution in [1.82, 2.24) is 20.3 Å². The van der Waals surface area contributed by atoms with Gasteiger partial charge in [0.2, 0.25) is 0 Å². The molecule has 2 saturated heterocycles. The van der Waals surface area contributed by atoms with E-state index in [4.69, 9.17) is 4.74 Å². The van der Waals surface area contributed by atoms with E-state index in [1.165, 1.54) is 19.0 Å². The standard InChI is InChI=1S/C22H22N4O.C8H16O.H2S/c1-14-9-19-17(11-25-15(2)21(19)12-24-14)3-4-18-10-20(22(27)13-26-18)16-5-7-23-8-6-16;1-3-8-4-5-9-6-7(8)2;/h9-13,16,23,27H,5-8H2,1-2H3;7-8H,3-6H2,1-2H3;1H2/t;7?,8-;/m.0./s1. The van der Waals surface area contributed by atoms with Crippen LogP contribution >= 0.6 is 13.5 Å². The summed E-state index contributed by atoms with van der Waals surface area (Å²) in [5.41, 5.74) is 4.37. The summed E-state index contributed by atoms with van der Waals surface area (Å²) in [6.45, 7) is 12.4. The first kappa shape index (κ1) is 28.9. The molecule has 0 saturated carbocycles. The van der Waals surface area contributed by atoms with Gasteiger partial charge in [0.1, 0.15) is 11.4 Å². The molecule has 0 bridgehead atoms. The average Bonchev–Trinajstić information content (AvgIpc) is 2.90. The van der Waals surface area contributed by atoms with Gasteiger partial charge in [0, 0.05) is 53.3 Å². The zero-order valence-electron chi connectivity index (χ0n) is 22.5. The van der Waals surface area contributed by atoms with Crippen molar-refractivity contribution >= 4 is 24.3 Å². The van der Waals surface area contributed by atoms with Gasteiger partial charge in [-0.25, -0.2) is 4.98 Å². The smallest absolute Gasteiger partial charge is 0.137 e. The molecule has 7 heteroatoms. The summed E-state index contributed by atoms with van der Waals surface area (Å²) in [4.78, 5) is 13.1. The van der Waals surface area contributed by atoms with Crippen molar-refractivity contribution in [1.29, 1.82) is 0 Å². The molecule has 0 spiro atoms. The molecule has 2 atom stereocenters. The van der Waals surface area contributed by atoms with E-state index in [2.05, 4.69) is 46.0 Å². The molecule has 3 aromatic heterocycles. The summed E-state index contributed by atoms with van der Waals surface area (Å²) < 4.78 is 5.31. The lowest BCUT2D eigenvalue weighted by Gasteiger charge is -2.27. The molecule has 2 N–H and O–H groups in total. The summed E-state index contributed by atoms with van der Waals surface area (Å²) in [6, 6.07) is 3.97. The highest BCUT2D eigenvalue weighted by Crippen LogP contribution is 2.31. The molecule has 3 aromatic rings. The topological polar surface area (TPSA) is 80.2 Å². The highest BCUT2D eigenvalue weighted by Gasteiger charge is 2.20. The van der Waals surface area contributed by atoms with E-state index in [9.17, 15) is 5.11 Å².